The standard InChI is InChI=1S/C16H26N2O2/c1-13(2)18(15-8-6-5-7-9-15)16(20)12-17(4)11-10-14(3)19/h5-9,13-14,19H,10-12H2,1-4H3. The van der Waals surface area contributed by atoms with Gasteiger partial charge in [0.25, 0.3) is 0 Å². The Kier molecular flexibility index (Phi) is 6.68. The van der Waals surface area contributed by atoms with Gasteiger partial charge in [0.05, 0.1) is 12.6 Å². The number of rotatable bonds is 7. The van der Waals surface area contributed by atoms with E-state index in [1.165, 1.54) is 0 Å². The first kappa shape index (κ1) is 16.7. The van der Waals surface area contributed by atoms with E-state index in [0.717, 1.165) is 5.69 Å². The Bertz CT molecular complexity index is 404. The highest BCUT2D eigenvalue weighted by atomic mass is 16.3. The van der Waals surface area contributed by atoms with Crippen LogP contribution in [0.25, 0.3) is 0 Å². The molecule has 0 heterocycles. The number of hydrogen-bond donors (Lipinski definition) is 1. The molecular formula is C16H26N2O2. The number of para-hydroxylation sites is 1. The van der Waals surface area contributed by atoms with Gasteiger partial charge < -0.3 is 10.0 Å². The number of anilines is 1. The number of nitrogens with zero attached hydrogens (tertiary/aromatic N) is 2. The van der Waals surface area contributed by atoms with Gasteiger partial charge in [0, 0.05) is 18.3 Å². The Labute approximate surface area is 122 Å². The van der Waals surface area contributed by atoms with Gasteiger partial charge in [-0.2, -0.15) is 0 Å². The van der Waals surface area contributed by atoms with Gasteiger partial charge in [-0.05, 0) is 46.4 Å². The van der Waals surface area contributed by atoms with Crippen LogP contribution in [0.5, 0.6) is 0 Å². The zero-order valence-electron chi connectivity index (χ0n) is 12.9. The average molecular weight is 278 g/mol. The molecule has 0 aliphatic rings. The van der Waals surface area contributed by atoms with E-state index in [0.29, 0.717) is 19.5 Å². The van der Waals surface area contributed by atoms with Crippen molar-refractivity contribution in [2.75, 3.05) is 25.0 Å². The molecule has 1 atom stereocenters. The zero-order valence-corrected chi connectivity index (χ0v) is 12.9. The number of amides is 1. The summed E-state index contributed by atoms with van der Waals surface area (Å²) in [7, 11) is 1.91. The molecule has 0 saturated carbocycles. The SMILES string of the molecule is CC(O)CCN(C)CC(=O)N(c1ccccc1)C(C)C. The molecule has 1 N–H and O–H groups in total. The lowest BCUT2D eigenvalue weighted by atomic mass is 10.2. The summed E-state index contributed by atoms with van der Waals surface area (Å²) < 4.78 is 0. The molecule has 112 valence electrons. The lowest BCUT2D eigenvalue weighted by Gasteiger charge is -2.29. The fraction of sp³-hybridized carbons (Fsp3) is 0.562. The number of aliphatic hydroxyl groups is 1. The Morgan fingerprint density at radius 3 is 2.30 bits per heavy atom. The van der Waals surface area contributed by atoms with E-state index in [9.17, 15) is 9.90 Å². The van der Waals surface area contributed by atoms with Crippen molar-refractivity contribution in [1.82, 2.24) is 4.90 Å². The number of aliphatic hydroxyl groups excluding tert-OH is 1. The van der Waals surface area contributed by atoms with Gasteiger partial charge in [0.1, 0.15) is 0 Å². The van der Waals surface area contributed by atoms with Crippen LogP contribution >= 0.6 is 0 Å². The Morgan fingerprint density at radius 2 is 1.80 bits per heavy atom. The van der Waals surface area contributed by atoms with Gasteiger partial charge in [-0.15, -0.1) is 0 Å². The van der Waals surface area contributed by atoms with E-state index in [1.54, 1.807) is 6.92 Å². The number of benzene rings is 1. The van der Waals surface area contributed by atoms with Crippen molar-refractivity contribution in [1.29, 1.82) is 0 Å². The van der Waals surface area contributed by atoms with Crippen LogP contribution in [0.15, 0.2) is 30.3 Å². The lowest BCUT2D eigenvalue weighted by Crippen LogP contribution is -2.43. The molecule has 1 unspecified atom stereocenters. The summed E-state index contributed by atoms with van der Waals surface area (Å²) in [5.74, 6) is 0.0827. The number of carbonyl (C=O) groups is 1. The highest BCUT2D eigenvalue weighted by molar-refractivity contribution is 5.95. The number of carbonyl (C=O) groups excluding carboxylic acids is 1. The summed E-state index contributed by atoms with van der Waals surface area (Å²) >= 11 is 0. The molecule has 0 spiro atoms. The first-order valence-electron chi connectivity index (χ1n) is 7.15. The maximum atomic E-state index is 12.5. The van der Waals surface area contributed by atoms with Gasteiger partial charge in [-0.25, -0.2) is 0 Å². The van der Waals surface area contributed by atoms with Crippen LogP contribution in [0.4, 0.5) is 5.69 Å². The van der Waals surface area contributed by atoms with Crippen molar-refractivity contribution >= 4 is 11.6 Å². The van der Waals surface area contributed by atoms with E-state index in [4.69, 9.17) is 0 Å². The first-order valence-corrected chi connectivity index (χ1v) is 7.15. The van der Waals surface area contributed by atoms with E-state index in [1.807, 2.05) is 61.0 Å². The van der Waals surface area contributed by atoms with Crippen LogP contribution in [0.2, 0.25) is 0 Å². The van der Waals surface area contributed by atoms with E-state index < -0.39 is 0 Å². The summed E-state index contributed by atoms with van der Waals surface area (Å²) in [6, 6.07) is 9.85. The molecule has 4 nitrogen and oxygen atoms in total. The van der Waals surface area contributed by atoms with Gasteiger partial charge in [-0.1, -0.05) is 18.2 Å². The molecule has 0 bridgehead atoms. The average Bonchev–Trinajstić information content (AvgIpc) is 2.37. The smallest absolute Gasteiger partial charge is 0.241 e. The minimum absolute atomic E-state index is 0.0827. The van der Waals surface area contributed by atoms with E-state index in [2.05, 4.69) is 0 Å². The quantitative estimate of drug-likeness (QED) is 0.831. The molecule has 1 rings (SSSR count). The summed E-state index contributed by atoms with van der Waals surface area (Å²) in [5.41, 5.74) is 0.927. The maximum Gasteiger partial charge on any atom is 0.241 e. The van der Waals surface area contributed by atoms with E-state index in [-0.39, 0.29) is 18.1 Å². The third kappa shape index (κ3) is 5.31. The fourth-order valence-corrected chi connectivity index (χ4v) is 2.11. The maximum absolute atomic E-state index is 12.5. The van der Waals surface area contributed by atoms with Gasteiger partial charge in [0.2, 0.25) is 5.91 Å². The molecule has 0 saturated heterocycles. The van der Waals surface area contributed by atoms with Crippen LogP contribution < -0.4 is 4.90 Å². The molecule has 20 heavy (non-hydrogen) atoms. The van der Waals surface area contributed by atoms with Gasteiger partial charge >= 0.3 is 0 Å². The van der Waals surface area contributed by atoms with Crippen LogP contribution in [0.1, 0.15) is 27.2 Å². The number of likely N-dealkylation sites (N-methyl/N-ethyl adjacent to an activating group) is 1. The minimum atomic E-state index is -0.331. The fourth-order valence-electron chi connectivity index (χ4n) is 2.11. The lowest BCUT2D eigenvalue weighted by molar-refractivity contribution is -0.119. The van der Waals surface area contributed by atoms with Crippen LogP contribution in [-0.4, -0.2) is 48.2 Å². The van der Waals surface area contributed by atoms with Crippen molar-refractivity contribution < 1.29 is 9.90 Å². The normalized spacial score (nSPS) is 12.8. The second-order valence-electron chi connectivity index (χ2n) is 5.57. The van der Waals surface area contributed by atoms with Crippen molar-refractivity contribution in [3.05, 3.63) is 30.3 Å². The molecule has 1 amide bonds. The molecule has 0 aliphatic carbocycles. The van der Waals surface area contributed by atoms with Crippen molar-refractivity contribution in [2.24, 2.45) is 0 Å². The monoisotopic (exact) mass is 278 g/mol. The van der Waals surface area contributed by atoms with Crippen molar-refractivity contribution in [3.63, 3.8) is 0 Å². The molecule has 1 aromatic carbocycles. The largest absolute Gasteiger partial charge is 0.393 e. The van der Waals surface area contributed by atoms with Crippen LogP contribution in [0.3, 0.4) is 0 Å². The predicted octanol–water partition coefficient (Wildman–Crippen LogP) is 2.13. The summed E-state index contributed by atoms with van der Waals surface area (Å²) in [5, 5.41) is 9.29. The molecular weight excluding hydrogens is 252 g/mol. The molecule has 0 radical (unpaired) electrons. The molecule has 0 aliphatic heterocycles. The topological polar surface area (TPSA) is 43.8 Å². The highest BCUT2D eigenvalue weighted by Crippen LogP contribution is 2.16. The second-order valence-corrected chi connectivity index (χ2v) is 5.57. The van der Waals surface area contributed by atoms with E-state index >= 15 is 0 Å². The molecule has 4 heteroatoms. The third-order valence-electron chi connectivity index (χ3n) is 3.15. The van der Waals surface area contributed by atoms with Crippen LogP contribution in [-0.2, 0) is 4.79 Å². The molecule has 0 fully saturated rings. The predicted molar refractivity (Wildman–Crippen MR) is 82.9 cm³/mol. The van der Waals surface area contributed by atoms with Gasteiger partial charge in [0.15, 0.2) is 0 Å². The molecule has 0 aromatic heterocycles. The Morgan fingerprint density at radius 1 is 1.20 bits per heavy atom. The van der Waals surface area contributed by atoms with Gasteiger partial charge in [-0.3, -0.25) is 9.69 Å². The summed E-state index contributed by atoms with van der Waals surface area (Å²) in [6.45, 7) is 6.87. The summed E-state index contributed by atoms with van der Waals surface area (Å²) in [6.07, 6.45) is 0.347. The number of hydrogen-bond acceptors (Lipinski definition) is 3. The molecule has 1 aromatic rings. The zero-order chi connectivity index (χ0) is 15.1. The summed E-state index contributed by atoms with van der Waals surface area (Å²) in [4.78, 5) is 16.2. The minimum Gasteiger partial charge on any atom is -0.393 e. The highest BCUT2D eigenvalue weighted by Gasteiger charge is 2.20. The first-order chi connectivity index (χ1) is 9.41. The van der Waals surface area contributed by atoms with Crippen molar-refractivity contribution in [2.45, 2.75) is 39.3 Å². The van der Waals surface area contributed by atoms with Crippen LogP contribution in [0, 0.1) is 0 Å². The van der Waals surface area contributed by atoms with Crippen molar-refractivity contribution in [3.8, 4) is 0 Å². The third-order valence-corrected chi connectivity index (χ3v) is 3.15. The Hall–Kier alpha value is -1.39. The second kappa shape index (κ2) is 8.02. The Balaban J connectivity index is 2.66.